The van der Waals surface area contributed by atoms with Crippen LogP contribution in [0.25, 0.3) is 22.2 Å². The summed E-state index contributed by atoms with van der Waals surface area (Å²) in [6.07, 6.45) is 3.86. The highest BCUT2D eigenvalue weighted by Gasteiger charge is 2.18. The monoisotopic (exact) mass is 447 g/mol. The summed E-state index contributed by atoms with van der Waals surface area (Å²) in [5.41, 5.74) is 3.61. The van der Waals surface area contributed by atoms with E-state index in [1.165, 1.54) is 12.1 Å². The largest absolute Gasteiger partial charge is 0.367 e. The second-order valence-electron chi connectivity index (χ2n) is 8.22. The number of hydrogen-bond donors (Lipinski definition) is 2. The number of benzene rings is 2. The minimum atomic E-state index is -0.574. The van der Waals surface area contributed by atoms with Gasteiger partial charge in [0.2, 0.25) is 0 Å². The van der Waals surface area contributed by atoms with Crippen molar-refractivity contribution >= 4 is 34.4 Å². The van der Waals surface area contributed by atoms with Gasteiger partial charge in [0.1, 0.15) is 17.3 Å². The van der Waals surface area contributed by atoms with Crippen LogP contribution < -0.4 is 10.2 Å². The van der Waals surface area contributed by atoms with Gasteiger partial charge in [0, 0.05) is 49.0 Å². The van der Waals surface area contributed by atoms with Crippen LogP contribution in [-0.4, -0.2) is 54.4 Å². The van der Waals surface area contributed by atoms with Gasteiger partial charge in [-0.05, 0) is 42.9 Å². The molecule has 6 nitrogen and oxygen atoms in total. The lowest BCUT2D eigenvalue weighted by Crippen LogP contribution is -2.44. The second kappa shape index (κ2) is 8.63. The zero-order valence-electron chi connectivity index (χ0n) is 18.1. The molecule has 0 aliphatic carbocycles. The van der Waals surface area contributed by atoms with Gasteiger partial charge in [-0.25, -0.2) is 13.8 Å². The minimum Gasteiger partial charge on any atom is -0.367 e. The van der Waals surface area contributed by atoms with Crippen molar-refractivity contribution < 1.29 is 13.6 Å². The number of nitrogens with one attached hydrogen (secondary N) is 2. The van der Waals surface area contributed by atoms with E-state index in [-0.39, 0.29) is 11.4 Å². The van der Waals surface area contributed by atoms with E-state index < -0.39 is 5.82 Å². The average molecular weight is 447 g/mol. The molecule has 5 rings (SSSR count). The van der Waals surface area contributed by atoms with E-state index in [9.17, 15) is 13.6 Å². The Balaban J connectivity index is 1.43. The topological polar surface area (TPSA) is 64.3 Å². The molecule has 4 aromatic rings. The first-order valence-corrected chi connectivity index (χ1v) is 10.7. The van der Waals surface area contributed by atoms with Crippen LogP contribution >= 0.6 is 0 Å². The molecular formula is C25H23F2N5O. The van der Waals surface area contributed by atoms with Crippen LogP contribution in [0.5, 0.6) is 0 Å². The summed E-state index contributed by atoms with van der Waals surface area (Å²) in [6, 6.07) is 11.5. The number of hydrogen-bond acceptors (Lipinski definition) is 5. The lowest BCUT2D eigenvalue weighted by Gasteiger charge is -2.34. The van der Waals surface area contributed by atoms with Crippen LogP contribution in [-0.2, 0) is 0 Å². The molecule has 1 aliphatic heterocycles. The summed E-state index contributed by atoms with van der Waals surface area (Å²) in [6.45, 7) is 3.39. The third-order valence-electron chi connectivity index (χ3n) is 6.07. The SMILES string of the molecule is CN1CCN(c2ccc(Nc3cnc4[nH]cc(-c5cccc(F)c5C=O)c4c3)cc2F)CC1. The summed E-state index contributed by atoms with van der Waals surface area (Å²) in [5.74, 6) is -0.855. The number of anilines is 3. The highest BCUT2D eigenvalue weighted by molar-refractivity contribution is 6.00. The average Bonchev–Trinajstić information content (AvgIpc) is 3.23. The summed E-state index contributed by atoms with van der Waals surface area (Å²) in [4.78, 5) is 23.2. The van der Waals surface area contributed by atoms with E-state index in [0.717, 1.165) is 31.6 Å². The summed E-state index contributed by atoms with van der Waals surface area (Å²) in [5, 5.41) is 3.92. The molecule has 0 amide bonds. The van der Waals surface area contributed by atoms with Crippen molar-refractivity contribution in [2.75, 3.05) is 43.4 Å². The number of fused-ring (bicyclic) bond motifs is 1. The Morgan fingerprint density at radius 3 is 2.58 bits per heavy atom. The number of nitrogens with zero attached hydrogens (tertiary/aromatic N) is 3. The molecule has 2 aromatic heterocycles. The lowest BCUT2D eigenvalue weighted by molar-refractivity contribution is 0.112. The van der Waals surface area contributed by atoms with Crippen LogP contribution in [0.2, 0.25) is 0 Å². The van der Waals surface area contributed by atoms with Gasteiger partial charge in [0.15, 0.2) is 6.29 Å². The van der Waals surface area contributed by atoms with Gasteiger partial charge in [0.05, 0.1) is 23.1 Å². The molecule has 1 aliphatic rings. The Morgan fingerprint density at radius 2 is 1.82 bits per heavy atom. The van der Waals surface area contributed by atoms with Crippen molar-refractivity contribution in [3.8, 4) is 11.1 Å². The summed E-state index contributed by atoms with van der Waals surface area (Å²) in [7, 11) is 2.07. The number of halogens is 2. The molecule has 2 N–H and O–H groups in total. The van der Waals surface area contributed by atoms with Gasteiger partial charge in [0.25, 0.3) is 0 Å². The maximum absolute atomic E-state index is 14.9. The predicted molar refractivity (Wildman–Crippen MR) is 126 cm³/mol. The third kappa shape index (κ3) is 4.05. The number of aromatic nitrogens is 2. The molecule has 0 bridgehead atoms. The van der Waals surface area contributed by atoms with Crippen molar-refractivity contribution in [1.29, 1.82) is 0 Å². The Bertz CT molecular complexity index is 1330. The number of likely N-dealkylation sites (N-methyl/N-ethyl adjacent to an activating group) is 1. The molecular weight excluding hydrogens is 424 g/mol. The molecule has 8 heteroatoms. The normalized spacial score (nSPS) is 14.6. The fourth-order valence-corrected chi connectivity index (χ4v) is 4.24. The van der Waals surface area contributed by atoms with E-state index in [0.29, 0.717) is 40.1 Å². The van der Waals surface area contributed by atoms with E-state index in [1.54, 1.807) is 30.6 Å². The molecule has 0 radical (unpaired) electrons. The molecule has 3 heterocycles. The Labute approximate surface area is 189 Å². The Hall–Kier alpha value is -3.78. The molecule has 0 atom stereocenters. The fraction of sp³-hybridized carbons (Fsp3) is 0.200. The quantitative estimate of drug-likeness (QED) is 0.430. The Morgan fingerprint density at radius 1 is 1.00 bits per heavy atom. The third-order valence-corrected chi connectivity index (χ3v) is 6.07. The van der Waals surface area contributed by atoms with Crippen LogP contribution in [0, 0.1) is 11.6 Å². The molecule has 0 unspecified atom stereocenters. The van der Waals surface area contributed by atoms with Crippen LogP contribution in [0.15, 0.2) is 54.9 Å². The number of piperazine rings is 1. The molecule has 0 spiro atoms. The van der Waals surface area contributed by atoms with Gasteiger partial charge in [-0.1, -0.05) is 12.1 Å². The zero-order valence-corrected chi connectivity index (χ0v) is 18.1. The van der Waals surface area contributed by atoms with Crippen molar-refractivity contribution in [2.45, 2.75) is 0 Å². The van der Waals surface area contributed by atoms with Gasteiger partial charge < -0.3 is 20.1 Å². The maximum atomic E-state index is 14.9. The number of pyridine rings is 1. The number of H-pyrrole nitrogens is 1. The first-order chi connectivity index (χ1) is 16.0. The number of aldehydes is 1. The highest BCUT2D eigenvalue weighted by Crippen LogP contribution is 2.33. The molecule has 0 saturated carbocycles. The standard InChI is InChI=1S/C25H23F2N5O/c1-31-7-9-32(10-8-31)24-6-5-16(12-23(24)27)30-17-11-19-20(14-29-25(19)28-13-17)18-3-2-4-22(26)21(18)15-33/h2-6,11-15,30H,7-10H2,1H3,(H,28,29). The highest BCUT2D eigenvalue weighted by atomic mass is 19.1. The van der Waals surface area contributed by atoms with Gasteiger partial charge in [-0.2, -0.15) is 0 Å². The van der Waals surface area contributed by atoms with Crippen LogP contribution in [0.1, 0.15) is 10.4 Å². The second-order valence-corrected chi connectivity index (χ2v) is 8.22. The van der Waals surface area contributed by atoms with Crippen LogP contribution in [0.4, 0.5) is 25.8 Å². The van der Waals surface area contributed by atoms with E-state index in [1.807, 2.05) is 12.1 Å². The van der Waals surface area contributed by atoms with E-state index >= 15 is 0 Å². The number of carbonyl (C=O) groups is 1. The molecule has 1 saturated heterocycles. The summed E-state index contributed by atoms with van der Waals surface area (Å²) >= 11 is 0. The first kappa shape index (κ1) is 21.1. The van der Waals surface area contributed by atoms with Gasteiger partial charge in [-0.15, -0.1) is 0 Å². The van der Waals surface area contributed by atoms with Crippen LogP contribution in [0.3, 0.4) is 0 Å². The number of carbonyl (C=O) groups excluding carboxylic acids is 1. The van der Waals surface area contributed by atoms with E-state index in [2.05, 4.69) is 32.1 Å². The van der Waals surface area contributed by atoms with Gasteiger partial charge >= 0.3 is 0 Å². The van der Waals surface area contributed by atoms with Crippen molar-refractivity contribution in [3.63, 3.8) is 0 Å². The molecule has 2 aromatic carbocycles. The number of rotatable bonds is 5. The maximum Gasteiger partial charge on any atom is 0.153 e. The minimum absolute atomic E-state index is 0.00155. The van der Waals surface area contributed by atoms with Crippen molar-refractivity contribution in [3.05, 3.63) is 72.1 Å². The summed E-state index contributed by atoms with van der Waals surface area (Å²) < 4.78 is 29.0. The van der Waals surface area contributed by atoms with Gasteiger partial charge in [-0.3, -0.25) is 4.79 Å². The van der Waals surface area contributed by atoms with Crippen molar-refractivity contribution in [2.24, 2.45) is 0 Å². The number of aromatic amines is 1. The molecule has 1 fully saturated rings. The van der Waals surface area contributed by atoms with E-state index in [4.69, 9.17) is 0 Å². The smallest absolute Gasteiger partial charge is 0.153 e. The first-order valence-electron chi connectivity index (χ1n) is 10.7. The lowest BCUT2D eigenvalue weighted by atomic mass is 10.00. The molecule has 33 heavy (non-hydrogen) atoms. The molecule has 168 valence electrons. The Kier molecular flexibility index (Phi) is 5.51. The zero-order chi connectivity index (χ0) is 22.9. The van der Waals surface area contributed by atoms with Crippen molar-refractivity contribution in [1.82, 2.24) is 14.9 Å². The predicted octanol–water partition coefficient (Wildman–Crippen LogP) is 4.82. The fourth-order valence-electron chi connectivity index (χ4n) is 4.24.